The minimum Gasteiger partial charge on any atom is -0.378 e. The zero-order chi connectivity index (χ0) is 28.8. The number of nitrogens with zero attached hydrogens (tertiary/aromatic N) is 2. The van der Waals surface area contributed by atoms with Crippen LogP contribution in [-0.2, 0) is 62.0 Å². The maximum Gasteiger partial charge on any atom is 0.335 e. The van der Waals surface area contributed by atoms with Crippen molar-refractivity contribution in [3.8, 4) is 0 Å². The van der Waals surface area contributed by atoms with Crippen LogP contribution in [0.3, 0.4) is 0 Å². The molecule has 0 aromatic carbocycles. The van der Waals surface area contributed by atoms with Gasteiger partial charge >= 0.3 is 5.97 Å². The van der Waals surface area contributed by atoms with Crippen molar-refractivity contribution in [2.75, 3.05) is 99.0 Å². The van der Waals surface area contributed by atoms with E-state index in [1.807, 2.05) is 0 Å². The third kappa shape index (κ3) is 14.6. The molecule has 2 heterocycles. The molecule has 0 unspecified atom stereocenters. The molecule has 15 heteroatoms. The third-order valence-corrected chi connectivity index (χ3v) is 5.24. The van der Waals surface area contributed by atoms with Crippen LogP contribution in [0.25, 0.3) is 0 Å². The van der Waals surface area contributed by atoms with Gasteiger partial charge in [-0.2, -0.15) is 0 Å². The molecule has 40 heavy (non-hydrogen) atoms. The van der Waals surface area contributed by atoms with Crippen LogP contribution in [0, 0.1) is 0 Å². The van der Waals surface area contributed by atoms with E-state index in [1.54, 1.807) is 0 Å². The maximum absolute atomic E-state index is 11.6. The van der Waals surface area contributed by atoms with Gasteiger partial charge in [-0.05, 0) is 0 Å². The summed E-state index contributed by atoms with van der Waals surface area (Å²) in [5, 5.41) is 0.511. The van der Waals surface area contributed by atoms with Crippen molar-refractivity contribution in [3.63, 3.8) is 0 Å². The van der Waals surface area contributed by atoms with Gasteiger partial charge in [0.15, 0.2) is 0 Å². The van der Waals surface area contributed by atoms with Gasteiger partial charge in [0.1, 0.15) is 0 Å². The third-order valence-electron chi connectivity index (χ3n) is 5.24. The lowest BCUT2D eigenvalue weighted by molar-refractivity contribution is -0.198. The first-order chi connectivity index (χ1) is 19.5. The van der Waals surface area contributed by atoms with Gasteiger partial charge in [-0.3, -0.25) is 24.1 Å². The summed E-state index contributed by atoms with van der Waals surface area (Å²) in [4.78, 5) is 62.9. The number of carbonyl (C=O) groups excluding carboxylic acids is 5. The minimum atomic E-state index is -0.706. The molecule has 0 N–H and O–H groups in total. The van der Waals surface area contributed by atoms with Crippen LogP contribution in [0.5, 0.6) is 0 Å². The van der Waals surface area contributed by atoms with Crippen LogP contribution in [0.15, 0.2) is 12.2 Å². The SMILES string of the molecule is O=C(CCOCCOCCOCCOCCOCCOCCOCCN1C(=O)C=CC1=O)ON1C(=O)CCC1=O. The summed E-state index contributed by atoms with van der Waals surface area (Å²) in [6, 6.07) is 0. The number of imide groups is 2. The van der Waals surface area contributed by atoms with Gasteiger partial charge in [0.05, 0.1) is 105 Å². The lowest BCUT2D eigenvalue weighted by Gasteiger charge is -2.13. The Morgan fingerprint density at radius 1 is 0.550 bits per heavy atom. The first-order valence-electron chi connectivity index (χ1n) is 13.1. The van der Waals surface area contributed by atoms with Gasteiger partial charge in [-0.1, -0.05) is 0 Å². The Hall–Kier alpha value is -2.79. The highest BCUT2D eigenvalue weighted by Crippen LogP contribution is 2.12. The Kier molecular flexibility index (Phi) is 17.6. The van der Waals surface area contributed by atoms with E-state index in [4.69, 9.17) is 38.0 Å². The van der Waals surface area contributed by atoms with Gasteiger partial charge < -0.3 is 38.0 Å². The summed E-state index contributed by atoms with van der Waals surface area (Å²) in [6.07, 6.45) is 2.51. The summed E-state index contributed by atoms with van der Waals surface area (Å²) in [5.74, 6) is -2.38. The molecule has 1 fully saturated rings. The summed E-state index contributed by atoms with van der Waals surface area (Å²) >= 11 is 0. The van der Waals surface area contributed by atoms with Crippen LogP contribution in [-0.4, -0.2) is 139 Å². The summed E-state index contributed by atoms with van der Waals surface area (Å²) < 4.78 is 37.5. The summed E-state index contributed by atoms with van der Waals surface area (Å²) in [6.45, 7) is 5.26. The second kappa shape index (κ2) is 21.0. The molecule has 2 rings (SSSR count). The molecule has 0 aromatic heterocycles. The van der Waals surface area contributed by atoms with Crippen LogP contribution in [0.1, 0.15) is 19.3 Å². The molecule has 226 valence electrons. The number of hydroxylamine groups is 2. The summed E-state index contributed by atoms with van der Waals surface area (Å²) in [7, 11) is 0. The molecule has 2 aliphatic heterocycles. The predicted molar refractivity (Wildman–Crippen MR) is 133 cm³/mol. The van der Waals surface area contributed by atoms with E-state index in [0.717, 1.165) is 4.90 Å². The van der Waals surface area contributed by atoms with Crippen LogP contribution in [0.2, 0.25) is 0 Å². The topological polar surface area (TPSA) is 166 Å². The van der Waals surface area contributed by atoms with Crippen molar-refractivity contribution in [2.45, 2.75) is 19.3 Å². The van der Waals surface area contributed by atoms with Crippen molar-refractivity contribution in [1.29, 1.82) is 0 Å². The number of amides is 4. The smallest absolute Gasteiger partial charge is 0.335 e. The van der Waals surface area contributed by atoms with E-state index < -0.39 is 17.8 Å². The van der Waals surface area contributed by atoms with Crippen LogP contribution in [0.4, 0.5) is 0 Å². The molecule has 0 atom stereocenters. The van der Waals surface area contributed by atoms with E-state index in [9.17, 15) is 24.0 Å². The molecule has 4 amide bonds. The first kappa shape index (κ1) is 33.4. The van der Waals surface area contributed by atoms with Crippen molar-refractivity contribution >= 4 is 29.6 Å². The molecule has 0 saturated carbocycles. The molecule has 0 radical (unpaired) electrons. The molecule has 0 bridgehead atoms. The highest BCUT2D eigenvalue weighted by Gasteiger charge is 2.32. The van der Waals surface area contributed by atoms with Crippen molar-refractivity contribution < 1.29 is 62.0 Å². The Bertz CT molecular complexity index is 802. The molecule has 15 nitrogen and oxygen atoms in total. The van der Waals surface area contributed by atoms with Crippen molar-refractivity contribution in [3.05, 3.63) is 12.2 Å². The summed E-state index contributed by atoms with van der Waals surface area (Å²) in [5.41, 5.74) is 0. The monoisotopic (exact) mass is 574 g/mol. The molecule has 0 spiro atoms. The Morgan fingerprint density at radius 2 is 0.900 bits per heavy atom. The van der Waals surface area contributed by atoms with Gasteiger partial charge in [0, 0.05) is 25.0 Å². The second-order valence-electron chi connectivity index (χ2n) is 8.24. The highest BCUT2D eigenvalue weighted by atomic mass is 16.7. The van der Waals surface area contributed by atoms with Crippen molar-refractivity contribution in [2.24, 2.45) is 0 Å². The fourth-order valence-corrected chi connectivity index (χ4v) is 3.19. The largest absolute Gasteiger partial charge is 0.378 e. The van der Waals surface area contributed by atoms with Gasteiger partial charge in [-0.25, -0.2) is 4.79 Å². The second-order valence-corrected chi connectivity index (χ2v) is 8.24. The minimum absolute atomic E-state index is 0.0549. The fourth-order valence-electron chi connectivity index (χ4n) is 3.19. The molecular formula is C25H38N2O13. The van der Waals surface area contributed by atoms with Crippen molar-refractivity contribution in [1.82, 2.24) is 9.96 Å². The molecule has 2 aliphatic rings. The van der Waals surface area contributed by atoms with E-state index in [0.29, 0.717) is 77.7 Å². The van der Waals surface area contributed by atoms with Crippen LogP contribution < -0.4 is 0 Å². The normalized spacial score (nSPS) is 15.2. The Balaban J connectivity index is 1.21. The molecular weight excluding hydrogens is 536 g/mol. The fraction of sp³-hybridized carbons (Fsp3) is 0.720. The number of rotatable bonds is 25. The molecule has 0 aromatic rings. The number of hydrogen-bond donors (Lipinski definition) is 0. The lowest BCUT2D eigenvalue weighted by atomic mass is 10.4. The Morgan fingerprint density at radius 3 is 1.30 bits per heavy atom. The van der Waals surface area contributed by atoms with E-state index in [1.165, 1.54) is 12.2 Å². The molecule has 1 saturated heterocycles. The number of hydrogen-bond acceptors (Lipinski definition) is 13. The van der Waals surface area contributed by atoms with E-state index >= 15 is 0 Å². The Labute approximate surface area is 232 Å². The zero-order valence-electron chi connectivity index (χ0n) is 22.6. The van der Waals surface area contributed by atoms with Gasteiger partial charge in [0.25, 0.3) is 23.6 Å². The maximum atomic E-state index is 11.6. The zero-order valence-corrected chi connectivity index (χ0v) is 22.6. The predicted octanol–water partition coefficient (Wildman–Crippen LogP) is -0.975. The lowest BCUT2D eigenvalue weighted by Crippen LogP contribution is -2.33. The molecule has 0 aliphatic carbocycles. The van der Waals surface area contributed by atoms with Gasteiger partial charge in [0.2, 0.25) is 0 Å². The number of carbonyl (C=O) groups is 5. The van der Waals surface area contributed by atoms with E-state index in [-0.39, 0.29) is 57.4 Å². The quantitative estimate of drug-likeness (QED) is 0.0966. The highest BCUT2D eigenvalue weighted by molar-refractivity contribution is 6.12. The van der Waals surface area contributed by atoms with Gasteiger partial charge in [-0.15, -0.1) is 5.06 Å². The van der Waals surface area contributed by atoms with Crippen LogP contribution >= 0.6 is 0 Å². The average molecular weight is 575 g/mol. The number of ether oxygens (including phenoxy) is 7. The standard InChI is InChI=1S/C25H38N2O13/c28-21-1-2-22(29)26(21)6-8-34-10-12-36-14-16-38-18-20-39-19-17-37-15-13-35-11-9-33-7-5-25(32)40-27-23(30)3-4-24(27)31/h1-2H,3-20H2. The average Bonchev–Trinajstić information content (AvgIpc) is 3.43. The van der Waals surface area contributed by atoms with E-state index in [2.05, 4.69) is 0 Å². The first-order valence-corrected chi connectivity index (χ1v) is 13.1.